The summed E-state index contributed by atoms with van der Waals surface area (Å²) in [4.78, 5) is 16.6. The van der Waals surface area contributed by atoms with Crippen LogP contribution >= 0.6 is 22.9 Å². The molecular formula is C12H11ClN2OS. The van der Waals surface area contributed by atoms with Crippen LogP contribution in [0.1, 0.15) is 16.6 Å². The van der Waals surface area contributed by atoms with Gasteiger partial charge in [0.1, 0.15) is 0 Å². The van der Waals surface area contributed by atoms with Crippen molar-refractivity contribution >= 4 is 33.9 Å². The molecule has 0 amide bonds. The topological polar surface area (TPSA) is 42.0 Å². The maximum Gasteiger partial charge on any atom is 0.183 e. The normalized spacial score (nSPS) is 10.3. The number of benzene rings is 1. The summed E-state index contributed by atoms with van der Waals surface area (Å²) in [5, 5.41) is 4.31. The molecule has 0 spiro atoms. The molecule has 0 bridgehead atoms. The summed E-state index contributed by atoms with van der Waals surface area (Å²) in [5.74, 6) is 0.0129. The van der Waals surface area contributed by atoms with Crippen molar-refractivity contribution < 1.29 is 4.79 Å². The van der Waals surface area contributed by atoms with Crippen molar-refractivity contribution in [2.24, 2.45) is 0 Å². The second kappa shape index (κ2) is 4.85. The van der Waals surface area contributed by atoms with Gasteiger partial charge in [-0.25, -0.2) is 4.98 Å². The van der Waals surface area contributed by atoms with Gasteiger partial charge in [-0.15, -0.1) is 0 Å². The van der Waals surface area contributed by atoms with Gasteiger partial charge in [0, 0.05) is 24.6 Å². The molecule has 0 saturated carbocycles. The fourth-order valence-electron chi connectivity index (χ4n) is 1.50. The van der Waals surface area contributed by atoms with E-state index in [1.165, 1.54) is 11.3 Å². The average molecular weight is 267 g/mol. The van der Waals surface area contributed by atoms with Crippen molar-refractivity contribution in [3.63, 3.8) is 0 Å². The smallest absolute Gasteiger partial charge is 0.183 e. The third-order valence-corrected chi connectivity index (χ3v) is 3.67. The monoisotopic (exact) mass is 266 g/mol. The maximum absolute atomic E-state index is 11.6. The second-order valence-corrected chi connectivity index (χ2v) is 4.95. The highest BCUT2D eigenvalue weighted by atomic mass is 35.5. The molecule has 17 heavy (non-hydrogen) atoms. The molecule has 2 aromatic rings. The highest BCUT2D eigenvalue weighted by molar-refractivity contribution is 7.18. The molecule has 1 aromatic heterocycles. The Labute approximate surface area is 108 Å². The fraction of sp³-hybridized carbons (Fsp3) is 0.167. The molecule has 2 rings (SSSR count). The SMILES string of the molecule is CNc1nc(-c2cccc(Cl)c2)c(C(C)=O)s1. The van der Waals surface area contributed by atoms with E-state index in [9.17, 15) is 4.79 Å². The fourth-order valence-corrected chi connectivity index (χ4v) is 2.52. The molecule has 0 aliphatic carbocycles. The third-order valence-electron chi connectivity index (χ3n) is 2.26. The van der Waals surface area contributed by atoms with Gasteiger partial charge in [-0.05, 0) is 12.1 Å². The number of hydrogen-bond donors (Lipinski definition) is 1. The van der Waals surface area contributed by atoms with Gasteiger partial charge in [0.25, 0.3) is 0 Å². The van der Waals surface area contributed by atoms with Crippen LogP contribution in [-0.2, 0) is 0 Å². The zero-order valence-corrected chi connectivity index (χ0v) is 11.0. The molecule has 1 N–H and O–H groups in total. The summed E-state index contributed by atoms with van der Waals surface area (Å²) in [6, 6.07) is 7.35. The Bertz CT molecular complexity index is 565. The van der Waals surface area contributed by atoms with Crippen molar-refractivity contribution in [2.45, 2.75) is 6.92 Å². The van der Waals surface area contributed by atoms with Crippen molar-refractivity contribution in [3.05, 3.63) is 34.2 Å². The van der Waals surface area contributed by atoms with E-state index in [1.807, 2.05) is 18.2 Å². The quantitative estimate of drug-likeness (QED) is 0.861. The van der Waals surface area contributed by atoms with Gasteiger partial charge >= 0.3 is 0 Å². The maximum atomic E-state index is 11.6. The lowest BCUT2D eigenvalue weighted by Crippen LogP contribution is -1.91. The van der Waals surface area contributed by atoms with Crippen molar-refractivity contribution in [1.29, 1.82) is 0 Å². The van der Waals surface area contributed by atoms with E-state index in [2.05, 4.69) is 10.3 Å². The minimum Gasteiger partial charge on any atom is -0.365 e. The highest BCUT2D eigenvalue weighted by Crippen LogP contribution is 2.32. The van der Waals surface area contributed by atoms with Gasteiger partial charge in [0.05, 0.1) is 10.6 Å². The molecule has 0 unspecified atom stereocenters. The Morgan fingerprint density at radius 2 is 2.24 bits per heavy atom. The van der Waals surface area contributed by atoms with Crippen LogP contribution in [0.2, 0.25) is 5.02 Å². The molecule has 1 heterocycles. The van der Waals surface area contributed by atoms with Gasteiger partial charge in [0.15, 0.2) is 10.9 Å². The summed E-state index contributed by atoms with van der Waals surface area (Å²) in [7, 11) is 1.78. The molecule has 0 aliphatic heterocycles. The molecule has 5 heteroatoms. The minimum absolute atomic E-state index is 0.0129. The van der Waals surface area contributed by atoms with Crippen molar-refractivity contribution in [1.82, 2.24) is 4.98 Å². The van der Waals surface area contributed by atoms with Crippen LogP contribution in [0.4, 0.5) is 5.13 Å². The minimum atomic E-state index is 0.0129. The molecule has 0 saturated heterocycles. The van der Waals surface area contributed by atoms with Crippen LogP contribution in [0, 0.1) is 0 Å². The Hall–Kier alpha value is -1.39. The predicted molar refractivity (Wildman–Crippen MR) is 72.1 cm³/mol. The van der Waals surface area contributed by atoms with E-state index in [0.29, 0.717) is 15.6 Å². The van der Waals surface area contributed by atoms with Crippen molar-refractivity contribution in [3.8, 4) is 11.3 Å². The molecule has 0 radical (unpaired) electrons. The van der Waals surface area contributed by atoms with Crippen LogP contribution in [0.15, 0.2) is 24.3 Å². The molecule has 0 aliphatic rings. The average Bonchev–Trinajstić information content (AvgIpc) is 2.73. The zero-order valence-electron chi connectivity index (χ0n) is 9.45. The largest absolute Gasteiger partial charge is 0.365 e. The lowest BCUT2D eigenvalue weighted by atomic mass is 10.1. The number of ketones is 1. The van der Waals surface area contributed by atoms with Crippen LogP contribution in [0.25, 0.3) is 11.3 Å². The number of Topliss-reactive ketones (excluding diaryl/α,β-unsaturated/α-hetero) is 1. The molecular weight excluding hydrogens is 256 g/mol. The number of carbonyl (C=O) groups excluding carboxylic acids is 1. The first-order valence-corrected chi connectivity index (χ1v) is 6.26. The number of nitrogens with one attached hydrogen (secondary N) is 1. The highest BCUT2D eigenvalue weighted by Gasteiger charge is 2.16. The number of rotatable bonds is 3. The third kappa shape index (κ3) is 2.48. The van der Waals surface area contributed by atoms with Crippen LogP contribution in [-0.4, -0.2) is 17.8 Å². The van der Waals surface area contributed by atoms with E-state index < -0.39 is 0 Å². The van der Waals surface area contributed by atoms with Crippen LogP contribution in [0.5, 0.6) is 0 Å². The number of carbonyl (C=O) groups is 1. The first-order valence-electron chi connectivity index (χ1n) is 5.07. The van der Waals surface area contributed by atoms with Gasteiger partial charge in [0.2, 0.25) is 0 Å². The van der Waals surface area contributed by atoms with Gasteiger partial charge < -0.3 is 5.32 Å². The Morgan fingerprint density at radius 3 is 2.82 bits per heavy atom. The summed E-state index contributed by atoms with van der Waals surface area (Å²) < 4.78 is 0. The number of aromatic nitrogens is 1. The summed E-state index contributed by atoms with van der Waals surface area (Å²) in [6.07, 6.45) is 0. The van der Waals surface area contributed by atoms with Crippen LogP contribution in [0.3, 0.4) is 0 Å². The summed E-state index contributed by atoms with van der Waals surface area (Å²) in [5.41, 5.74) is 1.55. The molecule has 0 fully saturated rings. The number of thiazole rings is 1. The van der Waals surface area contributed by atoms with Gasteiger partial charge in [-0.3, -0.25) is 4.79 Å². The summed E-state index contributed by atoms with van der Waals surface area (Å²) >= 11 is 7.30. The standard InChI is InChI=1S/C12H11ClN2OS/c1-7(16)11-10(15-12(14-2)17-11)8-4-3-5-9(13)6-8/h3-6H,1-2H3,(H,14,15). The van der Waals surface area contributed by atoms with E-state index in [-0.39, 0.29) is 5.78 Å². The molecule has 3 nitrogen and oxygen atoms in total. The number of nitrogens with zero attached hydrogens (tertiary/aromatic N) is 1. The number of hydrogen-bond acceptors (Lipinski definition) is 4. The van der Waals surface area contributed by atoms with E-state index in [0.717, 1.165) is 10.7 Å². The lowest BCUT2D eigenvalue weighted by molar-refractivity contribution is 0.102. The predicted octanol–water partition coefficient (Wildman–Crippen LogP) is 3.71. The molecule has 0 atom stereocenters. The molecule has 88 valence electrons. The van der Waals surface area contributed by atoms with Gasteiger partial charge in [-0.1, -0.05) is 35.1 Å². The van der Waals surface area contributed by atoms with E-state index in [1.54, 1.807) is 20.0 Å². The Balaban J connectivity index is 2.57. The van der Waals surface area contributed by atoms with E-state index in [4.69, 9.17) is 11.6 Å². The second-order valence-electron chi connectivity index (χ2n) is 3.51. The van der Waals surface area contributed by atoms with Crippen LogP contribution < -0.4 is 5.32 Å². The van der Waals surface area contributed by atoms with E-state index >= 15 is 0 Å². The van der Waals surface area contributed by atoms with Gasteiger partial charge in [-0.2, -0.15) is 0 Å². The molecule has 1 aromatic carbocycles. The number of halogens is 1. The first-order chi connectivity index (χ1) is 8.11. The first kappa shape index (κ1) is 12.1. The Kier molecular flexibility index (Phi) is 3.45. The lowest BCUT2D eigenvalue weighted by Gasteiger charge is -1.99. The Morgan fingerprint density at radius 1 is 1.47 bits per heavy atom. The van der Waals surface area contributed by atoms with Crippen molar-refractivity contribution in [2.75, 3.05) is 12.4 Å². The number of anilines is 1. The summed E-state index contributed by atoms with van der Waals surface area (Å²) in [6.45, 7) is 1.54. The zero-order chi connectivity index (χ0) is 12.4.